The number of oxazole rings is 1. The van der Waals surface area contributed by atoms with Crippen LogP contribution in [0.3, 0.4) is 0 Å². The lowest BCUT2D eigenvalue weighted by atomic mass is 9.92. The molecule has 0 aliphatic carbocycles. The molecule has 0 radical (unpaired) electrons. The summed E-state index contributed by atoms with van der Waals surface area (Å²) in [5.41, 5.74) is 2.96. The van der Waals surface area contributed by atoms with Crippen LogP contribution in [-0.2, 0) is 6.42 Å². The van der Waals surface area contributed by atoms with E-state index in [1.165, 1.54) is 25.9 Å². The molecule has 1 saturated heterocycles. The smallest absolute Gasteiger partial charge is 0.195 e. The van der Waals surface area contributed by atoms with Crippen molar-refractivity contribution in [2.45, 2.75) is 39.2 Å². The van der Waals surface area contributed by atoms with Crippen LogP contribution < -0.4 is 5.32 Å². The highest BCUT2D eigenvalue weighted by atomic mass is 16.3. The van der Waals surface area contributed by atoms with Crippen molar-refractivity contribution < 1.29 is 4.42 Å². The molecule has 4 heteroatoms. The van der Waals surface area contributed by atoms with Crippen LogP contribution in [-0.4, -0.2) is 36.1 Å². The molecule has 1 aromatic carbocycles. The van der Waals surface area contributed by atoms with E-state index >= 15 is 0 Å². The minimum atomic E-state index is 0.475. The average molecular weight is 287 g/mol. The van der Waals surface area contributed by atoms with Crippen molar-refractivity contribution in [2.75, 3.05) is 25.5 Å². The first-order chi connectivity index (χ1) is 10.2. The Morgan fingerprint density at radius 3 is 3.10 bits per heavy atom. The van der Waals surface area contributed by atoms with Crippen molar-refractivity contribution in [1.82, 2.24) is 9.88 Å². The first kappa shape index (κ1) is 14.4. The molecule has 0 saturated carbocycles. The van der Waals surface area contributed by atoms with E-state index in [-0.39, 0.29) is 0 Å². The zero-order chi connectivity index (χ0) is 14.8. The molecular weight excluding hydrogens is 262 g/mol. The summed E-state index contributed by atoms with van der Waals surface area (Å²) < 4.78 is 5.66. The Hall–Kier alpha value is -1.55. The van der Waals surface area contributed by atoms with E-state index in [2.05, 4.69) is 48.2 Å². The number of rotatable bonds is 4. The molecule has 1 N–H and O–H groups in total. The van der Waals surface area contributed by atoms with E-state index in [1.807, 2.05) is 6.07 Å². The van der Waals surface area contributed by atoms with Crippen LogP contribution in [0.5, 0.6) is 0 Å². The molecule has 3 rings (SSSR count). The SMILES string of the molecule is CCc1nc2cc(NC(C)C3CCCN(C)C3)ccc2o1. The summed E-state index contributed by atoms with van der Waals surface area (Å²) in [7, 11) is 2.21. The topological polar surface area (TPSA) is 41.3 Å². The summed E-state index contributed by atoms with van der Waals surface area (Å²) in [5, 5.41) is 3.64. The lowest BCUT2D eigenvalue weighted by Crippen LogP contribution is -2.39. The predicted octanol–water partition coefficient (Wildman–Crippen LogP) is 3.53. The lowest BCUT2D eigenvalue weighted by Gasteiger charge is -2.34. The molecule has 1 aliphatic heterocycles. The number of hydrogen-bond donors (Lipinski definition) is 1. The maximum absolute atomic E-state index is 5.66. The number of aryl methyl sites for hydroxylation is 1. The van der Waals surface area contributed by atoms with Gasteiger partial charge in [-0.1, -0.05) is 6.92 Å². The molecule has 1 aliphatic rings. The number of anilines is 1. The van der Waals surface area contributed by atoms with Gasteiger partial charge in [0.15, 0.2) is 11.5 Å². The number of likely N-dealkylation sites (tertiary alicyclic amines) is 1. The molecule has 2 aromatic rings. The quantitative estimate of drug-likeness (QED) is 0.934. The Morgan fingerprint density at radius 1 is 1.48 bits per heavy atom. The molecule has 0 amide bonds. The van der Waals surface area contributed by atoms with Gasteiger partial charge >= 0.3 is 0 Å². The van der Waals surface area contributed by atoms with E-state index in [1.54, 1.807) is 0 Å². The largest absolute Gasteiger partial charge is 0.441 e. The Kier molecular flexibility index (Phi) is 4.15. The molecule has 0 bridgehead atoms. The van der Waals surface area contributed by atoms with E-state index in [0.29, 0.717) is 12.0 Å². The Labute approximate surface area is 126 Å². The highest BCUT2D eigenvalue weighted by Crippen LogP contribution is 2.24. The van der Waals surface area contributed by atoms with Gasteiger partial charge < -0.3 is 14.6 Å². The van der Waals surface area contributed by atoms with Crippen molar-refractivity contribution in [1.29, 1.82) is 0 Å². The number of piperidine rings is 1. The van der Waals surface area contributed by atoms with Gasteiger partial charge in [-0.25, -0.2) is 4.98 Å². The second-order valence-corrected chi connectivity index (χ2v) is 6.24. The monoisotopic (exact) mass is 287 g/mol. The van der Waals surface area contributed by atoms with Crippen molar-refractivity contribution in [3.8, 4) is 0 Å². The number of nitrogens with zero attached hydrogens (tertiary/aromatic N) is 2. The number of aromatic nitrogens is 1. The van der Waals surface area contributed by atoms with Crippen molar-refractivity contribution in [3.05, 3.63) is 24.1 Å². The summed E-state index contributed by atoms with van der Waals surface area (Å²) in [6, 6.07) is 6.68. The molecule has 21 heavy (non-hydrogen) atoms. The van der Waals surface area contributed by atoms with Gasteiger partial charge in [-0.2, -0.15) is 0 Å². The maximum Gasteiger partial charge on any atom is 0.195 e. The molecular formula is C17H25N3O. The van der Waals surface area contributed by atoms with Crippen LogP contribution in [0.4, 0.5) is 5.69 Å². The Balaban J connectivity index is 1.71. The average Bonchev–Trinajstić information content (AvgIpc) is 2.89. The first-order valence-corrected chi connectivity index (χ1v) is 8.00. The number of hydrogen-bond acceptors (Lipinski definition) is 4. The number of nitrogens with one attached hydrogen (secondary N) is 1. The molecule has 4 nitrogen and oxygen atoms in total. The van der Waals surface area contributed by atoms with Gasteiger partial charge in [0.2, 0.25) is 0 Å². The fourth-order valence-electron chi connectivity index (χ4n) is 3.21. The number of fused-ring (bicyclic) bond motifs is 1. The molecule has 2 unspecified atom stereocenters. The maximum atomic E-state index is 5.66. The van der Waals surface area contributed by atoms with Gasteiger partial charge in [-0.05, 0) is 57.5 Å². The van der Waals surface area contributed by atoms with Crippen molar-refractivity contribution in [3.63, 3.8) is 0 Å². The van der Waals surface area contributed by atoms with Crippen LogP contribution in [0.1, 0.15) is 32.6 Å². The third-order valence-electron chi connectivity index (χ3n) is 4.50. The molecule has 0 spiro atoms. The van der Waals surface area contributed by atoms with E-state index in [0.717, 1.165) is 29.1 Å². The minimum Gasteiger partial charge on any atom is -0.441 e. The fourth-order valence-corrected chi connectivity index (χ4v) is 3.21. The third kappa shape index (κ3) is 3.21. The molecule has 1 aromatic heterocycles. The highest BCUT2D eigenvalue weighted by Gasteiger charge is 2.22. The predicted molar refractivity (Wildman–Crippen MR) is 86.7 cm³/mol. The first-order valence-electron chi connectivity index (χ1n) is 8.00. The van der Waals surface area contributed by atoms with E-state index < -0.39 is 0 Å². The van der Waals surface area contributed by atoms with Gasteiger partial charge in [0.05, 0.1) is 0 Å². The summed E-state index contributed by atoms with van der Waals surface area (Å²) >= 11 is 0. The summed E-state index contributed by atoms with van der Waals surface area (Å²) in [6.45, 7) is 6.76. The summed E-state index contributed by atoms with van der Waals surface area (Å²) in [5.74, 6) is 1.52. The minimum absolute atomic E-state index is 0.475. The van der Waals surface area contributed by atoms with Gasteiger partial charge in [0.25, 0.3) is 0 Å². The van der Waals surface area contributed by atoms with Gasteiger partial charge in [0, 0.05) is 24.7 Å². The van der Waals surface area contributed by atoms with Crippen LogP contribution in [0.25, 0.3) is 11.1 Å². The van der Waals surface area contributed by atoms with Gasteiger partial charge in [0.1, 0.15) is 5.52 Å². The molecule has 2 heterocycles. The molecule has 114 valence electrons. The van der Waals surface area contributed by atoms with Crippen molar-refractivity contribution in [2.24, 2.45) is 5.92 Å². The zero-order valence-electron chi connectivity index (χ0n) is 13.2. The van der Waals surface area contributed by atoms with Crippen LogP contribution in [0, 0.1) is 5.92 Å². The third-order valence-corrected chi connectivity index (χ3v) is 4.50. The second kappa shape index (κ2) is 6.06. The number of benzene rings is 1. The van der Waals surface area contributed by atoms with Crippen LogP contribution in [0.15, 0.2) is 22.6 Å². The zero-order valence-corrected chi connectivity index (χ0v) is 13.2. The molecule has 1 fully saturated rings. The fraction of sp³-hybridized carbons (Fsp3) is 0.588. The second-order valence-electron chi connectivity index (χ2n) is 6.24. The Bertz CT molecular complexity index is 607. The standard InChI is InChI=1S/C17H25N3O/c1-4-17-19-15-10-14(7-8-16(15)21-17)18-12(2)13-6-5-9-20(3)11-13/h7-8,10,12-13,18H,4-6,9,11H2,1-3H3. The van der Waals surface area contributed by atoms with E-state index in [4.69, 9.17) is 4.42 Å². The summed E-state index contributed by atoms with van der Waals surface area (Å²) in [4.78, 5) is 6.94. The van der Waals surface area contributed by atoms with Gasteiger partial charge in [-0.3, -0.25) is 0 Å². The highest BCUT2D eigenvalue weighted by molar-refractivity contribution is 5.77. The van der Waals surface area contributed by atoms with Crippen LogP contribution in [0.2, 0.25) is 0 Å². The lowest BCUT2D eigenvalue weighted by molar-refractivity contribution is 0.197. The Morgan fingerprint density at radius 2 is 2.33 bits per heavy atom. The van der Waals surface area contributed by atoms with Crippen LogP contribution >= 0.6 is 0 Å². The normalized spacial score (nSPS) is 21.6. The summed E-state index contributed by atoms with van der Waals surface area (Å²) in [6.07, 6.45) is 3.45. The molecule has 2 atom stereocenters. The van der Waals surface area contributed by atoms with E-state index in [9.17, 15) is 0 Å². The van der Waals surface area contributed by atoms with Crippen molar-refractivity contribution >= 4 is 16.8 Å². The van der Waals surface area contributed by atoms with Gasteiger partial charge in [-0.15, -0.1) is 0 Å².